The highest BCUT2D eigenvalue weighted by molar-refractivity contribution is 5.50. The van der Waals surface area contributed by atoms with Gasteiger partial charge in [0.2, 0.25) is 0 Å². The number of anilines is 1. The fourth-order valence-corrected chi connectivity index (χ4v) is 3.43. The van der Waals surface area contributed by atoms with Gasteiger partial charge in [-0.25, -0.2) is 4.39 Å². The molecule has 1 aromatic rings. The van der Waals surface area contributed by atoms with E-state index < -0.39 is 0 Å². The Labute approximate surface area is 120 Å². The molecule has 2 aliphatic heterocycles. The lowest BCUT2D eigenvalue weighted by Crippen LogP contribution is -2.35. The van der Waals surface area contributed by atoms with Crippen LogP contribution in [0, 0.1) is 5.82 Å². The van der Waals surface area contributed by atoms with Gasteiger partial charge in [0.15, 0.2) is 0 Å². The van der Waals surface area contributed by atoms with Gasteiger partial charge in [0.1, 0.15) is 5.82 Å². The van der Waals surface area contributed by atoms with Crippen LogP contribution in [0.1, 0.15) is 37.8 Å². The van der Waals surface area contributed by atoms with Gasteiger partial charge in [0, 0.05) is 25.2 Å². The van der Waals surface area contributed by atoms with Gasteiger partial charge in [0.25, 0.3) is 0 Å². The molecule has 2 N–H and O–H groups in total. The van der Waals surface area contributed by atoms with Gasteiger partial charge in [-0.2, -0.15) is 0 Å². The minimum absolute atomic E-state index is 0.116. The molecule has 0 spiro atoms. The van der Waals surface area contributed by atoms with Crippen molar-refractivity contribution < 1.29 is 4.39 Å². The van der Waals surface area contributed by atoms with E-state index in [-0.39, 0.29) is 11.9 Å². The van der Waals surface area contributed by atoms with E-state index in [0.717, 1.165) is 30.8 Å². The second kappa shape index (κ2) is 5.70. The number of nitrogens with zero attached hydrogens (tertiary/aromatic N) is 2. The van der Waals surface area contributed by atoms with Crippen molar-refractivity contribution in [3.8, 4) is 0 Å². The summed E-state index contributed by atoms with van der Waals surface area (Å²) < 4.78 is 14.3. The summed E-state index contributed by atoms with van der Waals surface area (Å²) >= 11 is 0. The van der Waals surface area contributed by atoms with Gasteiger partial charge >= 0.3 is 0 Å². The maximum absolute atomic E-state index is 14.3. The quantitative estimate of drug-likeness (QED) is 0.921. The number of likely N-dealkylation sites (tertiary alicyclic amines) is 1. The number of hydrogen-bond acceptors (Lipinski definition) is 3. The fourth-order valence-electron chi connectivity index (χ4n) is 3.43. The Morgan fingerprint density at radius 2 is 2.00 bits per heavy atom. The first-order chi connectivity index (χ1) is 9.65. The van der Waals surface area contributed by atoms with E-state index in [9.17, 15) is 4.39 Å². The highest BCUT2D eigenvalue weighted by atomic mass is 19.1. The second-order valence-corrected chi connectivity index (χ2v) is 6.13. The zero-order valence-electron chi connectivity index (χ0n) is 12.2. The third-order valence-electron chi connectivity index (χ3n) is 4.66. The van der Waals surface area contributed by atoms with E-state index in [2.05, 4.69) is 9.80 Å². The average Bonchev–Trinajstić information content (AvgIpc) is 3.09. The van der Waals surface area contributed by atoms with Crippen LogP contribution in [0.15, 0.2) is 18.2 Å². The van der Waals surface area contributed by atoms with Crippen molar-refractivity contribution in [1.29, 1.82) is 0 Å². The lowest BCUT2D eigenvalue weighted by molar-refractivity contribution is 0.260. The Balaban J connectivity index is 1.71. The zero-order chi connectivity index (χ0) is 14.1. The monoisotopic (exact) mass is 277 g/mol. The largest absolute Gasteiger partial charge is 0.368 e. The van der Waals surface area contributed by atoms with E-state index in [1.54, 1.807) is 6.07 Å². The lowest BCUT2D eigenvalue weighted by atomic mass is 10.1. The first kappa shape index (κ1) is 13.8. The Hall–Kier alpha value is -1.13. The Bertz CT molecular complexity index is 469. The predicted molar refractivity (Wildman–Crippen MR) is 80.4 cm³/mol. The number of hydrogen-bond donors (Lipinski definition) is 1. The summed E-state index contributed by atoms with van der Waals surface area (Å²) in [4.78, 5) is 4.75. The summed E-state index contributed by atoms with van der Waals surface area (Å²) in [7, 11) is 0. The minimum Gasteiger partial charge on any atom is -0.368 e. The van der Waals surface area contributed by atoms with Crippen molar-refractivity contribution in [2.75, 3.05) is 31.1 Å². The lowest BCUT2D eigenvalue weighted by Gasteiger charge is -2.25. The summed E-state index contributed by atoms with van der Waals surface area (Å²) in [5.74, 6) is -0.137. The van der Waals surface area contributed by atoms with Gasteiger partial charge in [-0.3, -0.25) is 4.90 Å². The summed E-state index contributed by atoms with van der Waals surface area (Å²) in [5, 5.41) is 0. The van der Waals surface area contributed by atoms with Crippen LogP contribution in [0.2, 0.25) is 0 Å². The Morgan fingerprint density at radius 1 is 1.25 bits per heavy atom. The third-order valence-corrected chi connectivity index (χ3v) is 4.66. The number of halogens is 1. The summed E-state index contributed by atoms with van der Waals surface area (Å²) in [6, 6.07) is 5.91. The molecular weight excluding hydrogens is 253 g/mol. The summed E-state index contributed by atoms with van der Waals surface area (Å²) in [6.07, 6.45) is 3.77. The Kier molecular flexibility index (Phi) is 3.94. The van der Waals surface area contributed by atoms with Gasteiger partial charge in [-0.15, -0.1) is 0 Å². The normalized spacial score (nSPS) is 25.4. The van der Waals surface area contributed by atoms with Crippen LogP contribution in [0.4, 0.5) is 10.1 Å². The van der Waals surface area contributed by atoms with Gasteiger partial charge in [-0.1, -0.05) is 6.07 Å². The Morgan fingerprint density at radius 3 is 2.65 bits per heavy atom. The van der Waals surface area contributed by atoms with Gasteiger partial charge in [-0.05, 0) is 57.0 Å². The molecule has 2 fully saturated rings. The van der Waals surface area contributed by atoms with Crippen molar-refractivity contribution in [2.24, 2.45) is 5.73 Å². The molecule has 110 valence electrons. The first-order valence-electron chi connectivity index (χ1n) is 7.69. The predicted octanol–water partition coefficient (Wildman–Crippen LogP) is 2.52. The highest BCUT2D eigenvalue weighted by Crippen LogP contribution is 2.28. The van der Waals surface area contributed by atoms with Crippen LogP contribution in [0.3, 0.4) is 0 Å². The number of nitrogens with two attached hydrogens (primary N) is 1. The third kappa shape index (κ3) is 2.67. The molecule has 0 aromatic heterocycles. The SMILES string of the molecule is CC(N)c1ccc(N2CCC(N3CCCC3)C2)c(F)c1. The molecule has 3 nitrogen and oxygen atoms in total. The van der Waals surface area contributed by atoms with Crippen molar-refractivity contribution in [2.45, 2.75) is 38.3 Å². The molecule has 20 heavy (non-hydrogen) atoms. The van der Waals surface area contributed by atoms with Gasteiger partial charge in [0.05, 0.1) is 5.69 Å². The summed E-state index contributed by atoms with van der Waals surface area (Å²) in [5.41, 5.74) is 7.40. The molecule has 2 saturated heterocycles. The molecular formula is C16H24FN3. The molecule has 0 amide bonds. The minimum atomic E-state index is -0.137. The highest BCUT2D eigenvalue weighted by Gasteiger charge is 2.30. The molecule has 4 heteroatoms. The van der Waals surface area contributed by atoms with E-state index in [0.29, 0.717) is 6.04 Å². The zero-order valence-corrected chi connectivity index (χ0v) is 12.2. The molecule has 0 radical (unpaired) electrons. The van der Waals surface area contributed by atoms with E-state index >= 15 is 0 Å². The molecule has 0 saturated carbocycles. The van der Waals surface area contributed by atoms with E-state index in [1.165, 1.54) is 25.9 Å². The van der Waals surface area contributed by atoms with Gasteiger partial charge < -0.3 is 10.6 Å². The summed E-state index contributed by atoms with van der Waals surface area (Å²) in [6.45, 7) is 6.22. The maximum atomic E-state index is 14.3. The van der Waals surface area contributed by atoms with Crippen LogP contribution in [0.25, 0.3) is 0 Å². The molecule has 3 rings (SSSR count). The molecule has 2 atom stereocenters. The van der Waals surface area contributed by atoms with Crippen molar-refractivity contribution in [3.63, 3.8) is 0 Å². The first-order valence-corrected chi connectivity index (χ1v) is 7.69. The van der Waals surface area contributed by atoms with E-state index in [4.69, 9.17) is 5.73 Å². The molecule has 2 aliphatic rings. The van der Waals surface area contributed by atoms with Crippen molar-refractivity contribution in [3.05, 3.63) is 29.6 Å². The molecule has 2 unspecified atom stereocenters. The second-order valence-electron chi connectivity index (χ2n) is 6.13. The molecule has 0 aliphatic carbocycles. The smallest absolute Gasteiger partial charge is 0.146 e. The van der Waals surface area contributed by atoms with Crippen LogP contribution >= 0.6 is 0 Å². The van der Waals surface area contributed by atoms with Crippen molar-refractivity contribution >= 4 is 5.69 Å². The van der Waals surface area contributed by atoms with Crippen LogP contribution in [-0.4, -0.2) is 37.1 Å². The average molecular weight is 277 g/mol. The van der Waals surface area contributed by atoms with Crippen LogP contribution in [-0.2, 0) is 0 Å². The van der Waals surface area contributed by atoms with Crippen LogP contribution < -0.4 is 10.6 Å². The molecule has 0 bridgehead atoms. The number of rotatable bonds is 3. The topological polar surface area (TPSA) is 32.5 Å². The maximum Gasteiger partial charge on any atom is 0.146 e. The molecule has 2 heterocycles. The standard InChI is InChI=1S/C16H24FN3/c1-12(18)13-4-5-16(15(17)10-13)20-9-6-14(11-20)19-7-2-3-8-19/h4-5,10,12,14H,2-3,6-9,11,18H2,1H3. The molecule has 1 aromatic carbocycles. The van der Waals surface area contributed by atoms with E-state index in [1.807, 2.05) is 19.1 Å². The van der Waals surface area contributed by atoms with Crippen LogP contribution in [0.5, 0.6) is 0 Å². The van der Waals surface area contributed by atoms with Crippen molar-refractivity contribution in [1.82, 2.24) is 4.90 Å². The number of benzene rings is 1. The fraction of sp³-hybridized carbons (Fsp3) is 0.625.